The van der Waals surface area contributed by atoms with Crippen LogP contribution < -0.4 is 0 Å². The maximum Gasteiger partial charge on any atom is 0.0861 e. The van der Waals surface area contributed by atoms with Crippen molar-refractivity contribution in [3.63, 3.8) is 0 Å². The van der Waals surface area contributed by atoms with Crippen molar-refractivity contribution in [2.45, 2.75) is 13.3 Å². The van der Waals surface area contributed by atoms with Crippen molar-refractivity contribution in [2.75, 3.05) is 0 Å². The highest BCUT2D eigenvalue weighted by molar-refractivity contribution is 4.72. The molecule has 0 saturated heterocycles. The van der Waals surface area contributed by atoms with Crippen molar-refractivity contribution in [1.82, 2.24) is 0 Å². The van der Waals surface area contributed by atoms with E-state index in [1.54, 1.807) is 6.26 Å². The third-order valence-corrected chi connectivity index (χ3v) is 0.507. The second kappa shape index (κ2) is 5.28. The van der Waals surface area contributed by atoms with Gasteiger partial charge in [-0.3, -0.25) is 0 Å². The lowest BCUT2D eigenvalue weighted by Gasteiger charge is -1.82. The van der Waals surface area contributed by atoms with Crippen molar-refractivity contribution in [1.29, 1.82) is 0 Å². The smallest absolute Gasteiger partial charge is 0.0861 e. The quantitative estimate of drug-likeness (QED) is 0.491. The van der Waals surface area contributed by atoms with Gasteiger partial charge in [-0.15, -0.1) is 0 Å². The summed E-state index contributed by atoms with van der Waals surface area (Å²) >= 11 is 0. The predicted octanol–water partition coefficient (Wildman–Crippen LogP) is 2.07. The van der Waals surface area contributed by atoms with E-state index in [1.165, 1.54) is 6.26 Å². The highest BCUT2D eigenvalue weighted by Crippen LogP contribution is 1.80. The number of hydrogen-bond donors (Lipinski definition) is 0. The minimum Gasteiger partial charge on any atom is -0.474 e. The van der Waals surface area contributed by atoms with Gasteiger partial charge in [0, 0.05) is 0 Å². The zero-order valence-corrected chi connectivity index (χ0v) is 4.55. The van der Waals surface area contributed by atoms with Crippen LogP contribution in [0.3, 0.4) is 0 Å². The van der Waals surface area contributed by atoms with Gasteiger partial charge >= 0.3 is 0 Å². The molecule has 1 nitrogen and oxygen atoms in total. The third kappa shape index (κ3) is 5.28. The second-order valence-corrected chi connectivity index (χ2v) is 1.08. The van der Waals surface area contributed by atoms with Gasteiger partial charge in [-0.05, 0) is 12.5 Å². The molecule has 0 aliphatic heterocycles. The molecule has 0 atom stereocenters. The van der Waals surface area contributed by atoms with Crippen LogP contribution in [0.2, 0.25) is 0 Å². The fourth-order valence-electron chi connectivity index (χ4n) is 0.207. The number of hydrogen-bond acceptors (Lipinski definition) is 1. The average molecular weight is 98.1 g/mol. The normalized spacial score (nSPS) is 9.29. The van der Waals surface area contributed by atoms with E-state index in [2.05, 4.69) is 11.3 Å². The first-order valence-corrected chi connectivity index (χ1v) is 2.33. The van der Waals surface area contributed by atoms with Crippen molar-refractivity contribution >= 4 is 0 Å². The zero-order valence-electron chi connectivity index (χ0n) is 4.55. The topological polar surface area (TPSA) is 9.23 Å². The highest BCUT2D eigenvalue weighted by Gasteiger charge is 1.61. The molecule has 0 fully saturated rings. The van der Waals surface area contributed by atoms with E-state index in [0.717, 1.165) is 6.42 Å². The van der Waals surface area contributed by atoms with Crippen molar-refractivity contribution < 1.29 is 4.74 Å². The van der Waals surface area contributed by atoms with Gasteiger partial charge in [0.1, 0.15) is 0 Å². The Morgan fingerprint density at radius 2 is 2.43 bits per heavy atom. The van der Waals surface area contributed by atoms with Crippen LogP contribution in [0.25, 0.3) is 0 Å². The van der Waals surface area contributed by atoms with Gasteiger partial charge in [0.2, 0.25) is 0 Å². The van der Waals surface area contributed by atoms with Crippen LogP contribution in [0.5, 0.6) is 0 Å². The van der Waals surface area contributed by atoms with Crippen LogP contribution in [0.4, 0.5) is 0 Å². The summed E-state index contributed by atoms with van der Waals surface area (Å²) in [6.45, 7) is 5.40. The van der Waals surface area contributed by atoms with Gasteiger partial charge in [-0.25, -0.2) is 0 Å². The fourth-order valence-corrected chi connectivity index (χ4v) is 0.207. The molecule has 0 rings (SSSR count). The zero-order chi connectivity index (χ0) is 5.54. The minimum atomic E-state index is 1.01. The highest BCUT2D eigenvalue weighted by atomic mass is 16.5. The van der Waals surface area contributed by atoms with E-state index in [-0.39, 0.29) is 0 Å². The van der Waals surface area contributed by atoms with E-state index < -0.39 is 0 Å². The van der Waals surface area contributed by atoms with Gasteiger partial charge in [0.05, 0.1) is 12.5 Å². The summed E-state index contributed by atoms with van der Waals surface area (Å²) in [5.74, 6) is 0. The summed E-state index contributed by atoms with van der Waals surface area (Å²) in [4.78, 5) is 0. The van der Waals surface area contributed by atoms with E-state index >= 15 is 0 Å². The van der Waals surface area contributed by atoms with Gasteiger partial charge < -0.3 is 4.74 Å². The Labute approximate surface area is 44.3 Å². The molecule has 0 heterocycles. The number of rotatable bonds is 3. The molecule has 0 aromatic carbocycles. The van der Waals surface area contributed by atoms with Crippen LogP contribution in [-0.4, -0.2) is 0 Å². The molecule has 0 aliphatic carbocycles. The summed E-state index contributed by atoms with van der Waals surface area (Å²) in [6.07, 6.45) is 5.94. The molecule has 0 aromatic heterocycles. The maximum absolute atomic E-state index is 4.66. The standard InChI is InChI=1S/C6H10O/c1-3-5-6-7-4-2/h4-6H,2-3H2,1H3/b6-5+. The third-order valence-electron chi connectivity index (χ3n) is 0.507. The minimum absolute atomic E-state index is 1.01. The summed E-state index contributed by atoms with van der Waals surface area (Å²) in [6, 6.07) is 0. The lowest BCUT2D eigenvalue weighted by molar-refractivity contribution is 0.403. The molecule has 0 aromatic rings. The fraction of sp³-hybridized carbons (Fsp3) is 0.333. The van der Waals surface area contributed by atoms with E-state index in [4.69, 9.17) is 0 Å². The van der Waals surface area contributed by atoms with Gasteiger partial charge in [-0.2, -0.15) is 0 Å². The Bertz CT molecular complexity index is 64.6. The average Bonchev–Trinajstić information content (AvgIpc) is 1.69. The van der Waals surface area contributed by atoms with E-state index in [0.29, 0.717) is 0 Å². The molecule has 0 radical (unpaired) electrons. The van der Waals surface area contributed by atoms with Crippen LogP contribution in [0.1, 0.15) is 13.3 Å². The second-order valence-electron chi connectivity index (χ2n) is 1.08. The summed E-state index contributed by atoms with van der Waals surface area (Å²) in [5.41, 5.74) is 0. The molecular weight excluding hydrogens is 88.1 g/mol. The van der Waals surface area contributed by atoms with Crippen LogP contribution >= 0.6 is 0 Å². The number of allylic oxidation sites excluding steroid dienone is 1. The molecule has 0 unspecified atom stereocenters. The van der Waals surface area contributed by atoms with E-state index in [9.17, 15) is 0 Å². The molecule has 40 valence electrons. The van der Waals surface area contributed by atoms with Gasteiger partial charge in [0.15, 0.2) is 0 Å². The Balaban J connectivity index is 2.92. The van der Waals surface area contributed by atoms with E-state index in [1.807, 2.05) is 13.0 Å². The number of ether oxygens (including phenoxy) is 1. The Morgan fingerprint density at radius 3 is 2.86 bits per heavy atom. The van der Waals surface area contributed by atoms with Crippen LogP contribution in [0, 0.1) is 0 Å². The lowest BCUT2D eigenvalue weighted by Crippen LogP contribution is -1.59. The summed E-state index contributed by atoms with van der Waals surface area (Å²) in [5, 5.41) is 0. The van der Waals surface area contributed by atoms with Gasteiger partial charge in [0.25, 0.3) is 0 Å². The molecule has 0 aliphatic rings. The molecule has 0 amide bonds. The maximum atomic E-state index is 4.66. The molecule has 0 N–H and O–H groups in total. The molecule has 0 bridgehead atoms. The predicted molar refractivity (Wildman–Crippen MR) is 30.7 cm³/mol. The Kier molecular flexibility index (Phi) is 4.74. The first kappa shape index (κ1) is 6.28. The molecular formula is C6H10O. The monoisotopic (exact) mass is 98.1 g/mol. The molecule has 1 heteroatoms. The molecule has 0 saturated carbocycles. The molecule has 0 spiro atoms. The lowest BCUT2D eigenvalue weighted by atomic mass is 10.5. The van der Waals surface area contributed by atoms with Gasteiger partial charge in [-0.1, -0.05) is 13.5 Å². The Morgan fingerprint density at radius 1 is 1.71 bits per heavy atom. The summed E-state index contributed by atoms with van der Waals surface area (Å²) < 4.78 is 4.66. The molecule has 7 heavy (non-hydrogen) atoms. The van der Waals surface area contributed by atoms with Crippen LogP contribution in [0.15, 0.2) is 25.2 Å². The van der Waals surface area contributed by atoms with Crippen molar-refractivity contribution in [3.05, 3.63) is 25.2 Å². The Hall–Kier alpha value is -0.720. The largest absolute Gasteiger partial charge is 0.474 e. The van der Waals surface area contributed by atoms with Crippen molar-refractivity contribution in [3.8, 4) is 0 Å². The first-order valence-electron chi connectivity index (χ1n) is 2.33. The van der Waals surface area contributed by atoms with Crippen LogP contribution in [-0.2, 0) is 4.74 Å². The SMILES string of the molecule is C=CO/C=C/CC. The first-order chi connectivity index (χ1) is 3.41. The van der Waals surface area contributed by atoms with Crippen molar-refractivity contribution in [2.24, 2.45) is 0 Å². The summed E-state index contributed by atoms with van der Waals surface area (Å²) in [7, 11) is 0.